The van der Waals surface area contributed by atoms with Gasteiger partial charge in [-0.15, -0.1) is 11.3 Å². The molecule has 9 heteroatoms. The number of rotatable bonds is 4. The highest BCUT2D eigenvalue weighted by molar-refractivity contribution is 7.14. The second kappa shape index (κ2) is 6.92. The molecule has 0 fully saturated rings. The summed E-state index contributed by atoms with van der Waals surface area (Å²) < 4.78 is 0. The first-order chi connectivity index (χ1) is 13.0. The van der Waals surface area contributed by atoms with Crippen molar-refractivity contribution in [1.29, 1.82) is 0 Å². The number of nitrogens with one attached hydrogen (secondary N) is 1. The Morgan fingerprint density at radius 2 is 2.00 bits per heavy atom. The third-order valence-electron chi connectivity index (χ3n) is 4.48. The van der Waals surface area contributed by atoms with Gasteiger partial charge in [-0.3, -0.25) is 14.6 Å². The molecular formula is C18H18N6O2S. The molecule has 0 saturated carbocycles. The lowest BCUT2D eigenvalue weighted by Gasteiger charge is -2.31. The molecule has 138 valence electrons. The minimum absolute atomic E-state index is 0.0868. The second-order valence-corrected chi connectivity index (χ2v) is 7.30. The smallest absolute Gasteiger partial charge is 0.266 e. The Morgan fingerprint density at radius 1 is 1.22 bits per heavy atom. The summed E-state index contributed by atoms with van der Waals surface area (Å²) in [5.41, 5.74) is 3.03. The lowest BCUT2D eigenvalue weighted by Crippen LogP contribution is -2.51. The van der Waals surface area contributed by atoms with Crippen molar-refractivity contribution in [2.24, 2.45) is 9.98 Å². The maximum absolute atomic E-state index is 12.4. The second-order valence-electron chi connectivity index (χ2n) is 6.44. The normalized spacial score (nSPS) is 20.9. The van der Waals surface area contributed by atoms with E-state index in [1.165, 1.54) is 28.0 Å². The van der Waals surface area contributed by atoms with Gasteiger partial charge in [0.1, 0.15) is 6.54 Å². The van der Waals surface area contributed by atoms with Crippen LogP contribution in [0.2, 0.25) is 0 Å². The number of thiazole rings is 1. The van der Waals surface area contributed by atoms with Crippen LogP contribution in [0.25, 0.3) is 11.3 Å². The SMILES string of the molecule is Cc1ccc(-c2csc(NC(=O)CN3C=NC4C3N=CC(=O)N4C)n2)cc1. The largest absolute Gasteiger partial charge is 0.328 e. The van der Waals surface area contributed by atoms with Crippen molar-refractivity contribution in [3.8, 4) is 11.3 Å². The van der Waals surface area contributed by atoms with Crippen LogP contribution in [-0.4, -0.2) is 65.1 Å². The van der Waals surface area contributed by atoms with E-state index in [0.29, 0.717) is 5.13 Å². The zero-order valence-electron chi connectivity index (χ0n) is 14.9. The summed E-state index contributed by atoms with van der Waals surface area (Å²) >= 11 is 1.38. The molecular weight excluding hydrogens is 364 g/mol. The highest BCUT2D eigenvalue weighted by Crippen LogP contribution is 2.25. The quantitative estimate of drug-likeness (QED) is 0.870. The van der Waals surface area contributed by atoms with E-state index < -0.39 is 0 Å². The number of hydrogen-bond donors (Lipinski definition) is 1. The van der Waals surface area contributed by atoms with Crippen molar-refractivity contribution in [1.82, 2.24) is 14.8 Å². The van der Waals surface area contributed by atoms with Crippen molar-refractivity contribution < 1.29 is 9.59 Å². The van der Waals surface area contributed by atoms with Gasteiger partial charge in [-0.05, 0) is 6.92 Å². The lowest BCUT2D eigenvalue weighted by atomic mass is 10.1. The molecule has 0 bridgehead atoms. The Morgan fingerprint density at radius 3 is 2.78 bits per heavy atom. The molecule has 0 aliphatic carbocycles. The number of fused-ring (bicyclic) bond motifs is 1. The number of aromatic nitrogens is 1. The number of anilines is 1. The van der Waals surface area contributed by atoms with Crippen LogP contribution in [-0.2, 0) is 9.59 Å². The molecule has 4 rings (SSSR count). The Bertz CT molecular complexity index is 936. The van der Waals surface area contributed by atoms with Crippen LogP contribution >= 0.6 is 11.3 Å². The molecule has 2 aliphatic heterocycles. The van der Waals surface area contributed by atoms with E-state index in [1.807, 2.05) is 36.6 Å². The Balaban J connectivity index is 1.39. The standard InChI is InChI=1S/C18H18N6O2S/c1-11-3-5-12(6-4-11)13-9-27-18(21-13)22-14(25)8-24-10-20-16-17(24)19-7-15(26)23(16)2/h3-7,9-10,16-17H,8H2,1-2H3,(H,21,22,25). The third-order valence-corrected chi connectivity index (χ3v) is 5.24. The maximum Gasteiger partial charge on any atom is 0.266 e. The van der Waals surface area contributed by atoms with Crippen LogP contribution in [0, 0.1) is 6.92 Å². The van der Waals surface area contributed by atoms with Crippen LogP contribution in [0.15, 0.2) is 39.6 Å². The highest BCUT2D eigenvalue weighted by atomic mass is 32.1. The average molecular weight is 382 g/mol. The van der Waals surface area contributed by atoms with Crippen molar-refractivity contribution in [2.75, 3.05) is 18.9 Å². The van der Waals surface area contributed by atoms with Crippen molar-refractivity contribution >= 4 is 40.8 Å². The summed E-state index contributed by atoms with van der Waals surface area (Å²) in [4.78, 5) is 40.2. The Kier molecular flexibility index (Phi) is 4.44. The molecule has 1 aromatic carbocycles. The molecule has 1 N–H and O–H groups in total. The monoisotopic (exact) mass is 382 g/mol. The van der Waals surface area contributed by atoms with E-state index in [-0.39, 0.29) is 30.7 Å². The van der Waals surface area contributed by atoms with E-state index >= 15 is 0 Å². The van der Waals surface area contributed by atoms with Gasteiger partial charge in [0.05, 0.1) is 18.2 Å². The van der Waals surface area contributed by atoms with Gasteiger partial charge in [-0.25, -0.2) is 9.98 Å². The molecule has 8 nitrogen and oxygen atoms in total. The van der Waals surface area contributed by atoms with Crippen molar-refractivity contribution in [2.45, 2.75) is 19.3 Å². The summed E-state index contributed by atoms with van der Waals surface area (Å²) in [6, 6.07) is 8.08. The van der Waals surface area contributed by atoms with Crippen LogP contribution in [0.3, 0.4) is 0 Å². The van der Waals surface area contributed by atoms with Gasteiger partial charge in [0.25, 0.3) is 5.91 Å². The number of carbonyl (C=O) groups excluding carboxylic acids is 2. The van der Waals surface area contributed by atoms with E-state index in [1.54, 1.807) is 18.3 Å². The van der Waals surface area contributed by atoms with Gasteiger partial charge in [0.15, 0.2) is 17.5 Å². The van der Waals surface area contributed by atoms with E-state index in [0.717, 1.165) is 11.3 Å². The van der Waals surface area contributed by atoms with Gasteiger partial charge < -0.3 is 15.1 Å². The molecule has 2 amide bonds. The summed E-state index contributed by atoms with van der Waals surface area (Å²) in [6.45, 7) is 2.12. The number of hydrogen-bond acceptors (Lipinski definition) is 7. The minimum atomic E-state index is -0.386. The summed E-state index contributed by atoms with van der Waals surface area (Å²) in [5, 5.41) is 5.28. The zero-order chi connectivity index (χ0) is 19.0. The molecule has 0 saturated heterocycles. The number of carbonyl (C=O) groups is 2. The molecule has 0 radical (unpaired) electrons. The molecule has 3 heterocycles. The predicted octanol–water partition coefficient (Wildman–Crippen LogP) is 1.60. The van der Waals surface area contributed by atoms with Gasteiger partial charge in [-0.1, -0.05) is 29.8 Å². The Hall–Kier alpha value is -3.07. The van der Waals surface area contributed by atoms with E-state index in [4.69, 9.17) is 0 Å². The molecule has 27 heavy (non-hydrogen) atoms. The Labute approximate surface area is 160 Å². The molecule has 2 aliphatic rings. The maximum atomic E-state index is 12.4. The molecule has 2 aromatic rings. The van der Waals surface area contributed by atoms with Crippen molar-refractivity contribution in [3.63, 3.8) is 0 Å². The van der Waals surface area contributed by atoms with E-state index in [9.17, 15) is 9.59 Å². The zero-order valence-corrected chi connectivity index (χ0v) is 15.7. The molecule has 2 atom stereocenters. The van der Waals surface area contributed by atoms with Crippen LogP contribution in [0.1, 0.15) is 5.56 Å². The van der Waals surface area contributed by atoms with Gasteiger partial charge in [0.2, 0.25) is 5.91 Å². The fourth-order valence-electron chi connectivity index (χ4n) is 2.94. The average Bonchev–Trinajstić information content (AvgIpc) is 3.26. The van der Waals surface area contributed by atoms with Crippen LogP contribution in [0.5, 0.6) is 0 Å². The molecule has 0 spiro atoms. The summed E-state index contributed by atoms with van der Waals surface area (Å²) in [7, 11) is 1.67. The predicted molar refractivity (Wildman–Crippen MR) is 105 cm³/mol. The van der Waals surface area contributed by atoms with E-state index in [2.05, 4.69) is 20.3 Å². The van der Waals surface area contributed by atoms with Crippen molar-refractivity contribution in [3.05, 3.63) is 35.2 Å². The fraction of sp³-hybridized carbons (Fsp3) is 0.278. The third kappa shape index (κ3) is 3.45. The molecule has 2 unspecified atom stereocenters. The topological polar surface area (TPSA) is 90.3 Å². The minimum Gasteiger partial charge on any atom is -0.328 e. The fourth-order valence-corrected chi connectivity index (χ4v) is 3.68. The first-order valence-corrected chi connectivity index (χ1v) is 9.30. The first-order valence-electron chi connectivity index (χ1n) is 8.43. The molecule has 1 aromatic heterocycles. The number of aliphatic imine (C=N–C) groups is 2. The summed E-state index contributed by atoms with van der Waals surface area (Å²) in [5.74, 6) is -0.396. The number of nitrogens with zero attached hydrogens (tertiary/aromatic N) is 5. The van der Waals surface area contributed by atoms with Gasteiger partial charge in [0, 0.05) is 18.0 Å². The lowest BCUT2D eigenvalue weighted by molar-refractivity contribution is -0.125. The van der Waals surface area contributed by atoms with Gasteiger partial charge >= 0.3 is 0 Å². The number of aryl methyl sites for hydroxylation is 1. The van der Waals surface area contributed by atoms with Gasteiger partial charge in [-0.2, -0.15) is 0 Å². The number of likely N-dealkylation sites (N-methyl/N-ethyl adjacent to an activating group) is 1. The first kappa shape index (κ1) is 17.3. The van der Waals surface area contributed by atoms with Crippen LogP contribution in [0.4, 0.5) is 5.13 Å². The number of benzene rings is 1. The number of amides is 2. The summed E-state index contributed by atoms with van der Waals surface area (Å²) in [6.07, 6.45) is 2.09. The highest BCUT2D eigenvalue weighted by Gasteiger charge is 2.38. The van der Waals surface area contributed by atoms with Crippen LogP contribution < -0.4 is 5.32 Å².